The lowest BCUT2D eigenvalue weighted by molar-refractivity contribution is 0.662. The maximum atomic E-state index is 2.46. The van der Waals surface area contributed by atoms with E-state index in [9.17, 15) is 0 Å². The molecule has 2 aliphatic carbocycles. The van der Waals surface area contributed by atoms with Crippen LogP contribution >= 0.6 is 0 Å². The van der Waals surface area contributed by atoms with E-state index in [2.05, 4.69) is 245 Å². The van der Waals surface area contributed by atoms with Gasteiger partial charge in [-0.25, -0.2) is 0 Å². The van der Waals surface area contributed by atoms with Crippen molar-refractivity contribution in [3.8, 4) is 44.5 Å². The van der Waals surface area contributed by atoms with Crippen molar-refractivity contribution in [3.05, 3.63) is 235 Å². The molecule has 0 saturated heterocycles. The van der Waals surface area contributed by atoms with Gasteiger partial charge in [0.05, 0.1) is 0 Å². The molecule has 0 fully saturated rings. The summed E-state index contributed by atoms with van der Waals surface area (Å²) in [4.78, 5) is 2.45. The van der Waals surface area contributed by atoms with Gasteiger partial charge in [0.1, 0.15) is 0 Å². The normalized spacial score (nSPS) is 14.1. The van der Waals surface area contributed by atoms with Gasteiger partial charge in [-0.05, 0) is 171 Å². The quantitative estimate of drug-likeness (QED) is 0.167. The molecule has 0 amide bonds. The summed E-state index contributed by atoms with van der Waals surface area (Å²) in [6.45, 7) is 9.60. The van der Waals surface area contributed by atoms with Crippen molar-refractivity contribution in [2.24, 2.45) is 0 Å². The third-order valence-electron chi connectivity index (χ3n) is 14.9. The Labute approximate surface area is 380 Å². The van der Waals surface area contributed by atoms with Crippen molar-refractivity contribution < 1.29 is 0 Å². The Morgan fingerprint density at radius 1 is 0.277 bits per heavy atom. The summed E-state index contributed by atoms with van der Waals surface area (Å²) < 4.78 is 0. The average molecular weight is 830 g/mol. The van der Waals surface area contributed by atoms with Gasteiger partial charge in [0.15, 0.2) is 0 Å². The highest BCUT2D eigenvalue weighted by Gasteiger charge is 2.39. The Morgan fingerprint density at radius 2 is 0.708 bits per heavy atom. The van der Waals surface area contributed by atoms with Crippen molar-refractivity contribution in [2.75, 3.05) is 4.90 Å². The first-order valence-electron chi connectivity index (χ1n) is 23.0. The van der Waals surface area contributed by atoms with Crippen LogP contribution < -0.4 is 4.90 Å². The minimum atomic E-state index is -0.153. The van der Waals surface area contributed by atoms with Crippen molar-refractivity contribution in [3.63, 3.8) is 0 Å². The van der Waals surface area contributed by atoms with Gasteiger partial charge < -0.3 is 4.90 Å². The third kappa shape index (κ3) is 5.71. The lowest BCUT2D eigenvalue weighted by Gasteiger charge is -2.28. The van der Waals surface area contributed by atoms with Crippen LogP contribution in [0.25, 0.3) is 87.6 Å². The summed E-state index contributed by atoms with van der Waals surface area (Å²) in [5.41, 5.74) is 19.0. The molecule has 0 radical (unpaired) electrons. The van der Waals surface area contributed by atoms with E-state index in [1.807, 2.05) is 0 Å². The van der Waals surface area contributed by atoms with Gasteiger partial charge in [-0.1, -0.05) is 179 Å². The zero-order valence-corrected chi connectivity index (χ0v) is 37.2. The highest BCUT2D eigenvalue weighted by Crippen LogP contribution is 2.55. The summed E-state index contributed by atoms with van der Waals surface area (Å²) in [7, 11) is 0. The predicted molar refractivity (Wildman–Crippen MR) is 277 cm³/mol. The van der Waals surface area contributed by atoms with Crippen molar-refractivity contribution in [1.82, 2.24) is 0 Å². The number of nitrogens with zero attached hydrogens (tertiary/aromatic N) is 1. The summed E-state index contributed by atoms with van der Waals surface area (Å²) in [6, 6.07) is 79.5. The molecule has 1 heteroatoms. The highest BCUT2D eigenvalue weighted by atomic mass is 15.1. The van der Waals surface area contributed by atoms with Crippen LogP contribution in [0.3, 0.4) is 0 Å². The fourth-order valence-corrected chi connectivity index (χ4v) is 11.7. The Kier molecular flexibility index (Phi) is 8.07. The van der Waals surface area contributed by atoms with Gasteiger partial charge in [0, 0.05) is 27.9 Å². The summed E-state index contributed by atoms with van der Waals surface area (Å²) in [5, 5.41) is 10.3. The minimum absolute atomic E-state index is 0.119. The Hall–Kier alpha value is -7.74. The molecule has 1 nitrogen and oxygen atoms in total. The van der Waals surface area contributed by atoms with E-state index in [1.165, 1.54) is 110 Å². The van der Waals surface area contributed by atoms with E-state index < -0.39 is 0 Å². The predicted octanol–water partition coefficient (Wildman–Crippen LogP) is 17.7. The topological polar surface area (TPSA) is 3.24 Å². The van der Waals surface area contributed by atoms with Gasteiger partial charge in [0.2, 0.25) is 0 Å². The molecular weight excluding hydrogens is 783 g/mol. The Bertz CT molecular complexity index is 3740. The first-order valence-corrected chi connectivity index (χ1v) is 23.0. The zero-order chi connectivity index (χ0) is 43.6. The van der Waals surface area contributed by atoms with Gasteiger partial charge in [-0.2, -0.15) is 0 Å². The van der Waals surface area contributed by atoms with Crippen molar-refractivity contribution in [1.29, 1.82) is 0 Å². The van der Waals surface area contributed by atoms with Crippen LogP contribution in [0.4, 0.5) is 17.1 Å². The number of fused-ring (bicyclic) bond motifs is 12. The number of hydrogen-bond donors (Lipinski definition) is 0. The average Bonchev–Trinajstić information content (AvgIpc) is 3.71. The number of benzene rings is 11. The van der Waals surface area contributed by atoms with Crippen LogP contribution in [0, 0.1) is 0 Å². The molecule has 0 atom stereocenters. The fraction of sp³-hybridized carbons (Fsp3) is 0.0938. The fourth-order valence-electron chi connectivity index (χ4n) is 11.7. The molecule has 11 aromatic rings. The van der Waals surface area contributed by atoms with Crippen molar-refractivity contribution >= 4 is 60.2 Å². The third-order valence-corrected chi connectivity index (χ3v) is 14.9. The number of hydrogen-bond acceptors (Lipinski definition) is 1. The van der Waals surface area contributed by atoms with Crippen LogP contribution in [0.15, 0.2) is 212 Å². The standard InChI is InChI=1S/C64H47N/c1-63(2)59-38-46-16-9-8-15-45(46)36-57(59)58-37-47-24-29-51(35-49(47)39-60(58)63)65(50-27-22-43(23-28-50)42-20-18-41(19-21-42)40-12-6-5-7-13-40)52-30-33-54-48(34-52)26-32-56-55-31-25-44-14-10-11-17-53(44)61(55)64(3,4)62(54)56/h5-39H,1-4H3. The van der Waals surface area contributed by atoms with Crippen LogP contribution in [0.5, 0.6) is 0 Å². The number of anilines is 3. The smallest absolute Gasteiger partial charge is 0.0468 e. The minimum Gasteiger partial charge on any atom is -0.310 e. The van der Waals surface area contributed by atoms with E-state index in [0.29, 0.717) is 0 Å². The molecule has 0 heterocycles. The lowest BCUT2D eigenvalue weighted by atomic mass is 9.78. The molecule has 0 N–H and O–H groups in total. The molecule has 13 rings (SSSR count). The molecule has 308 valence electrons. The van der Waals surface area contributed by atoms with Crippen LogP contribution in [0.2, 0.25) is 0 Å². The molecule has 0 bridgehead atoms. The lowest BCUT2D eigenvalue weighted by Crippen LogP contribution is -2.16. The largest absolute Gasteiger partial charge is 0.310 e. The SMILES string of the molecule is CC1(C)c2cc3ccccc3cc2-c2cc3ccc(N(c4ccc(-c5ccc(-c6ccccc6)cc5)cc4)c4ccc5c6c(ccc5c4)-c4ccc5ccccc5c4C6(C)C)cc3cc21. The second-order valence-corrected chi connectivity index (χ2v) is 19.4. The van der Waals surface area contributed by atoms with Crippen LogP contribution in [0.1, 0.15) is 49.9 Å². The molecule has 0 saturated carbocycles. The van der Waals surface area contributed by atoms with Crippen LogP contribution in [-0.2, 0) is 10.8 Å². The summed E-state index contributed by atoms with van der Waals surface area (Å²) in [5.74, 6) is 0. The van der Waals surface area contributed by atoms with Crippen LogP contribution in [-0.4, -0.2) is 0 Å². The molecule has 0 aromatic heterocycles. The molecular formula is C64H47N. The first kappa shape index (κ1) is 37.8. The van der Waals surface area contributed by atoms with E-state index in [4.69, 9.17) is 0 Å². The molecule has 65 heavy (non-hydrogen) atoms. The summed E-state index contributed by atoms with van der Waals surface area (Å²) in [6.07, 6.45) is 0. The molecule has 2 aliphatic rings. The second kappa shape index (κ2) is 13.9. The second-order valence-electron chi connectivity index (χ2n) is 19.4. The first-order chi connectivity index (χ1) is 31.7. The zero-order valence-electron chi connectivity index (χ0n) is 37.2. The van der Waals surface area contributed by atoms with Gasteiger partial charge >= 0.3 is 0 Å². The maximum absolute atomic E-state index is 2.46. The van der Waals surface area contributed by atoms with E-state index in [1.54, 1.807) is 0 Å². The number of rotatable bonds is 5. The van der Waals surface area contributed by atoms with Crippen molar-refractivity contribution in [2.45, 2.75) is 38.5 Å². The molecule has 11 aromatic carbocycles. The summed E-state index contributed by atoms with van der Waals surface area (Å²) >= 11 is 0. The molecule has 0 spiro atoms. The van der Waals surface area contributed by atoms with Gasteiger partial charge in [-0.3, -0.25) is 0 Å². The van der Waals surface area contributed by atoms with Gasteiger partial charge in [0.25, 0.3) is 0 Å². The maximum Gasteiger partial charge on any atom is 0.0468 e. The Balaban J connectivity index is 0.940. The van der Waals surface area contributed by atoms with E-state index in [0.717, 1.165) is 17.1 Å². The van der Waals surface area contributed by atoms with Gasteiger partial charge in [-0.15, -0.1) is 0 Å². The van der Waals surface area contributed by atoms with E-state index in [-0.39, 0.29) is 10.8 Å². The molecule has 0 aliphatic heterocycles. The molecule has 0 unspecified atom stereocenters. The monoisotopic (exact) mass is 829 g/mol. The Morgan fingerprint density at radius 3 is 1.35 bits per heavy atom. The van der Waals surface area contributed by atoms with E-state index >= 15 is 0 Å². The highest BCUT2D eigenvalue weighted by molar-refractivity contribution is 6.05.